The van der Waals surface area contributed by atoms with Crippen LogP contribution in [0.15, 0.2) is 29.3 Å². The van der Waals surface area contributed by atoms with Crippen LogP contribution >= 0.6 is 0 Å². The summed E-state index contributed by atoms with van der Waals surface area (Å²) in [6.45, 7) is 0.668. The molecular formula is C23H34N4O2. The molecule has 0 aliphatic heterocycles. The van der Waals surface area contributed by atoms with E-state index in [9.17, 15) is 4.79 Å². The van der Waals surface area contributed by atoms with Gasteiger partial charge in [0.05, 0.1) is 6.10 Å². The van der Waals surface area contributed by atoms with Gasteiger partial charge < -0.3 is 20.7 Å². The molecule has 0 heterocycles. The molecule has 1 aromatic rings. The van der Waals surface area contributed by atoms with Gasteiger partial charge in [0.15, 0.2) is 5.96 Å². The number of carbonyl (C=O) groups excluding carboxylic acids is 1. The standard InChI is InChI=1S/C23H34N4O2/c1-24-23(25-15-17-6-2-3-11-21(17)29-20-9-5-10-20)27-19-8-4-7-16(14-19)22(28)26-18-12-13-18/h2-3,6,11,16,18-20H,4-5,7-10,12-15H2,1H3,(H,26,28)(H2,24,25,27). The molecule has 6 heteroatoms. The van der Waals surface area contributed by atoms with E-state index in [0.717, 1.165) is 68.6 Å². The van der Waals surface area contributed by atoms with Crippen LogP contribution < -0.4 is 20.7 Å². The number of amides is 1. The van der Waals surface area contributed by atoms with Crippen LogP contribution in [0.4, 0.5) is 0 Å². The molecule has 158 valence electrons. The summed E-state index contributed by atoms with van der Waals surface area (Å²) < 4.78 is 6.13. The molecule has 0 bridgehead atoms. The van der Waals surface area contributed by atoms with E-state index >= 15 is 0 Å². The number of carbonyl (C=O) groups is 1. The van der Waals surface area contributed by atoms with Gasteiger partial charge in [0.25, 0.3) is 0 Å². The SMILES string of the molecule is CN=C(NCc1ccccc1OC1CCC1)NC1CCCC(C(=O)NC2CC2)C1. The molecule has 6 nitrogen and oxygen atoms in total. The molecule has 3 saturated carbocycles. The van der Waals surface area contributed by atoms with Gasteiger partial charge in [-0.05, 0) is 57.4 Å². The number of hydrogen-bond acceptors (Lipinski definition) is 3. The van der Waals surface area contributed by atoms with Gasteiger partial charge in [0.1, 0.15) is 5.75 Å². The molecule has 1 aromatic carbocycles. The lowest BCUT2D eigenvalue weighted by atomic mass is 9.85. The normalized spacial score (nSPS) is 25.1. The third kappa shape index (κ3) is 5.64. The summed E-state index contributed by atoms with van der Waals surface area (Å²) in [7, 11) is 1.80. The molecule has 29 heavy (non-hydrogen) atoms. The van der Waals surface area contributed by atoms with Crippen LogP contribution in [-0.2, 0) is 11.3 Å². The van der Waals surface area contributed by atoms with Crippen molar-refractivity contribution in [1.82, 2.24) is 16.0 Å². The largest absolute Gasteiger partial charge is 0.490 e. The number of nitrogens with zero attached hydrogens (tertiary/aromatic N) is 1. The predicted molar refractivity (Wildman–Crippen MR) is 115 cm³/mol. The molecule has 0 spiro atoms. The molecule has 1 amide bonds. The molecular weight excluding hydrogens is 364 g/mol. The van der Waals surface area contributed by atoms with E-state index in [2.05, 4.69) is 33.1 Å². The van der Waals surface area contributed by atoms with E-state index < -0.39 is 0 Å². The molecule has 3 N–H and O–H groups in total. The summed E-state index contributed by atoms with van der Waals surface area (Å²) in [5.74, 6) is 2.12. The van der Waals surface area contributed by atoms with E-state index in [4.69, 9.17) is 4.74 Å². The average Bonchev–Trinajstić information content (AvgIpc) is 3.53. The Kier molecular flexibility index (Phi) is 6.57. The van der Waals surface area contributed by atoms with Gasteiger partial charge >= 0.3 is 0 Å². The van der Waals surface area contributed by atoms with Gasteiger partial charge in [0, 0.05) is 37.2 Å². The highest BCUT2D eigenvalue weighted by Gasteiger charge is 2.31. The van der Waals surface area contributed by atoms with Crippen LogP contribution in [0.2, 0.25) is 0 Å². The number of nitrogens with one attached hydrogen (secondary N) is 3. The fourth-order valence-corrected chi connectivity index (χ4v) is 4.11. The minimum absolute atomic E-state index is 0.122. The van der Waals surface area contributed by atoms with Crippen molar-refractivity contribution < 1.29 is 9.53 Å². The van der Waals surface area contributed by atoms with Crippen molar-refractivity contribution in [3.05, 3.63) is 29.8 Å². The highest BCUT2D eigenvalue weighted by molar-refractivity contribution is 5.81. The first-order chi connectivity index (χ1) is 14.2. The van der Waals surface area contributed by atoms with Crippen LogP contribution in [0.25, 0.3) is 0 Å². The topological polar surface area (TPSA) is 74.8 Å². The third-order valence-electron chi connectivity index (χ3n) is 6.30. The van der Waals surface area contributed by atoms with E-state index in [1.165, 1.54) is 6.42 Å². The number of benzene rings is 1. The van der Waals surface area contributed by atoms with Crippen molar-refractivity contribution in [3.63, 3.8) is 0 Å². The molecule has 2 atom stereocenters. The zero-order valence-corrected chi connectivity index (χ0v) is 17.5. The van der Waals surface area contributed by atoms with Crippen LogP contribution in [0.1, 0.15) is 63.4 Å². The summed E-state index contributed by atoms with van der Waals surface area (Å²) >= 11 is 0. The Labute approximate surface area is 173 Å². The molecule has 0 radical (unpaired) electrons. The minimum atomic E-state index is 0.122. The first-order valence-electron chi connectivity index (χ1n) is 11.2. The Morgan fingerprint density at radius 2 is 1.83 bits per heavy atom. The molecule has 3 fully saturated rings. The van der Waals surface area contributed by atoms with Gasteiger partial charge in [-0.2, -0.15) is 0 Å². The lowest BCUT2D eigenvalue weighted by molar-refractivity contribution is -0.126. The smallest absolute Gasteiger partial charge is 0.223 e. The van der Waals surface area contributed by atoms with E-state index in [1.807, 2.05) is 12.1 Å². The Bertz CT molecular complexity index is 727. The highest BCUT2D eigenvalue weighted by Crippen LogP contribution is 2.28. The Hall–Kier alpha value is -2.24. The summed E-state index contributed by atoms with van der Waals surface area (Å²) in [5, 5.41) is 10.1. The number of guanidine groups is 1. The fraction of sp³-hybridized carbons (Fsp3) is 0.652. The van der Waals surface area contributed by atoms with Crippen LogP contribution in [-0.4, -0.2) is 37.1 Å². The van der Waals surface area contributed by atoms with Crippen LogP contribution in [0.3, 0.4) is 0 Å². The molecule has 3 aliphatic carbocycles. The highest BCUT2D eigenvalue weighted by atomic mass is 16.5. The van der Waals surface area contributed by atoms with Gasteiger partial charge in [-0.1, -0.05) is 24.6 Å². The van der Waals surface area contributed by atoms with Gasteiger partial charge in [0.2, 0.25) is 5.91 Å². The van der Waals surface area contributed by atoms with Crippen molar-refractivity contribution in [2.45, 2.75) is 82.5 Å². The van der Waals surface area contributed by atoms with Gasteiger partial charge in [-0.25, -0.2) is 0 Å². The van der Waals surface area contributed by atoms with E-state index in [1.54, 1.807) is 7.05 Å². The molecule has 2 unspecified atom stereocenters. The summed E-state index contributed by atoms with van der Waals surface area (Å²) in [5.41, 5.74) is 1.15. The van der Waals surface area contributed by atoms with E-state index in [0.29, 0.717) is 18.7 Å². The van der Waals surface area contributed by atoms with Gasteiger partial charge in [-0.15, -0.1) is 0 Å². The lowest BCUT2D eigenvalue weighted by Gasteiger charge is -2.30. The number of aliphatic imine (C=N–C) groups is 1. The minimum Gasteiger partial charge on any atom is -0.490 e. The predicted octanol–water partition coefficient (Wildman–Crippen LogP) is 3.12. The Balaban J connectivity index is 1.27. The van der Waals surface area contributed by atoms with Crippen molar-refractivity contribution >= 4 is 11.9 Å². The quantitative estimate of drug-likeness (QED) is 0.487. The first-order valence-corrected chi connectivity index (χ1v) is 11.2. The second kappa shape index (κ2) is 9.51. The van der Waals surface area contributed by atoms with Crippen LogP contribution in [0, 0.1) is 5.92 Å². The summed E-state index contributed by atoms with van der Waals surface area (Å²) in [6.07, 6.45) is 10.3. The molecule has 3 aliphatic rings. The van der Waals surface area contributed by atoms with Crippen molar-refractivity contribution in [2.75, 3.05) is 7.05 Å². The second-order valence-electron chi connectivity index (χ2n) is 8.69. The second-order valence-corrected chi connectivity index (χ2v) is 8.69. The number of hydrogen-bond donors (Lipinski definition) is 3. The maximum absolute atomic E-state index is 12.4. The van der Waals surface area contributed by atoms with Crippen molar-refractivity contribution in [1.29, 1.82) is 0 Å². The fourth-order valence-electron chi connectivity index (χ4n) is 4.11. The first kappa shape index (κ1) is 20.0. The third-order valence-corrected chi connectivity index (χ3v) is 6.30. The number of rotatable bonds is 7. The van der Waals surface area contributed by atoms with Crippen LogP contribution in [0.5, 0.6) is 5.75 Å². The number of ether oxygens (including phenoxy) is 1. The zero-order valence-electron chi connectivity index (χ0n) is 17.5. The number of para-hydroxylation sites is 1. The molecule has 0 saturated heterocycles. The lowest BCUT2D eigenvalue weighted by Crippen LogP contribution is -2.47. The van der Waals surface area contributed by atoms with Crippen molar-refractivity contribution in [3.8, 4) is 5.75 Å². The monoisotopic (exact) mass is 398 g/mol. The molecule has 4 rings (SSSR count). The van der Waals surface area contributed by atoms with Gasteiger partial charge in [-0.3, -0.25) is 9.79 Å². The molecule has 0 aromatic heterocycles. The average molecular weight is 399 g/mol. The van der Waals surface area contributed by atoms with Crippen molar-refractivity contribution in [2.24, 2.45) is 10.9 Å². The zero-order chi connectivity index (χ0) is 20.1. The van der Waals surface area contributed by atoms with E-state index in [-0.39, 0.29) is 17.9 Å². The maximum Gasteiger partial charge on any atom is 0.223 e. The Morgan fingerprint density at radius 1 is 1.03 bits per heavy atom. The summed E-state index contributed by atoms with van der Waals surface area (Å²) in [4.78, 5) is 16.8. The maximum atomic E-state index is 12.4. The summed E-state index contributed by atoms with van der Waals surface area (Å²) in [6, 6.07) is 8.95. The Morgan fingerprint density at radius 3 is 2.55 bits per heavy atom.